The fourth-order valence-corrected chi connectivity index (χ4v) is 2.25. The van der Waals surface area contributed by atoms with E-state index >= 15 is 0 Å². The van der Waals surface area contributed by atoms with Crippen LogP contribution in [0, 0.1) is 11.3 Å². The molecular formula is C18H13N3O2. The minimum Gasteiger partial charge on any atom is -0.464 e. The van der Waals surface area contributed by atoms with Gasteiger partial charge in [-0.2, -0.15) is 5.26 Å². The van der Waals surface area contributed by atoms with Gasteiger partial charge >= 0.3 is 5.97 Å². The van der Waals surface area contributed by atoms with Gasteiger partial charge in [0.15, 0.2) is 0 Å². The van der Waals surface area contributed by atoms with Crippen molar-refractivity contribution in [3.05, 3.63) is 65.0 Å². The summed E-state index contributed by atoms with van der Waals surface area (Å²) in [7, 11) is 1.34. The van der Waals surface area contributed by atoms with Crippen molar-refractivity contribution in [2.45, 2.75) is 0 Å². The molecule has 2 aromatic heterocycles. The normalized spacial score (nSPS) is 10.8. The lowest BCUT2D eigenvalue weighted by Gasteiger charge is -1.96. The molecule has 0 saturated heterocycles. The summed E-state index contributed by atoms with van der Waals surface area (Å²) >= 11 is 0. The first-order chi connectivity index (χ1) is 11.2. The van der Waals surface area contributed by atoms with Crippen LogP contribution in [0.2, 0.25) is 0 Å². The molecule has 0 atom stereocenters. The third-order valence-electron chi connectivity index (χ3n) is 3.38. The number of nitrogens with one attached hydrogen (secondary N) is 1. The Morgan fingerprint density at radius 2 is 2.09 bits per heavy atom. The number of ether oxygens (including phenoxy) is 1. The molecule has 3 rings (SSSR count). The Kier molecular flexibility index (Phi) is 3.89. The van der Waals surface area contributed by atoms with E-state index in [4.69, 9.17) is 5.26 Å². The highest BCUT2D eigenvalue weighted by Gasteiger charge is 2.09. The van der Waals surface area contributed by atoms with Gasteiger partial charge in [-0.15, -0.1) is 0 Å². The Balaban J connectivity index is 1.89. The van der Waals surface area contributed by atoms with Crippen LogP contribution in [0.1, 0.15) is 27.2 Å². The molecule has 0 amide bonds. The van der Waals surface area contributed by atoms with Crippen molar-refractivity contribution >= 4 is 29.2 Å². The number of aromatic nitrogens is 2. The van der Waals surface area contributed by atoms with E-state index in [-0.39, 0.29) is 0 Å². The van der Waals surface area contributed by atoms with Crippen molar-refractivity contribution in [3.63, 3.8) is 0 Å². The maximum atomic E-state index is 11.5. The van der Waals surface area contributed by atoms with Crippen molar-refractivity contribution in [2.75, 3.05) is 7.11 Å². The molecule has 1 N–H and O–H groups in total. The number of aromatic amines is 1. The van der Waals surface area contributed by atoms with Gasteiger partial charge in [-0.1, -0.05) is 24.3 Å². The Labute approximate surface area is 132 Å². The van der Waals surface area contributed by atoms with Gasteiger partial charge in [0, 0.05) is 11.6 Å². The van der Waals surface area contributed by atoms with Crippen LogP contribution in [0.4, 0.5) is 0 Å². The SMILES string of the molecule is COC(=O)c1cc2cc(/C=C/c3cccc(C#N)c3)cnc2[nH]1. The molecule has 1 aromatic carbocycles. The summed E-state index contributed by atoms with van der Waals surface area (Å²) in [5, 5.41) is 9.74. The zero-order chi connectivity index (χ0) is 16.2. The van der Waals surface area contributed by atoms with Gasteiger partial charge in [-0.05, 0) is 35.4 Å². The lowest BCUT2D eigenvalue weighted by atomic mass is 10.1. The smallest absolute Gasteiger partial charge is 0.354 e. The summed E-state index contributed by atoms with van der Waals surface area (Å²) in [5.74, 6) is -0.423. The predicted octanol–water partition coefficient (Wildman–Crippen LogP) is 3.39. The van der Waals surface area contributed by atoms with E-state index in [1.807, 2.05) is 36.4 Å². The van der Waals surface area contributed by atoms with E-state index in [9.17, 15) is 4.79 Å². The molecule has 5 heteroatoms. The highest BCUT2D eigenvalue weighted by atomic mass is 16.5. The van der Waals surface area contributed by atoms with Crippen LogP contribution >= 0.6 is 0 Å². The number of nitriles is 1. The molecule has 3 aromatic rings. The summed E-state index contributed by atoms with van der Waals surface area (Å²) in [6.45, 7) is 0. The molecular weight excluding hydrogens is 290 g/mol. The number of benzene rings is 1. The molecule has 23 heavy (non-hydrogen) atoms. The van der Waals surface area contributed by atoms with Gasteiger partial charge < -0.3 is 9.72 Å². The van der Waals surface area contributed by atoms with Crippen LogP contribution in [-0.2, 0) is 4.74 Å². The Morgan fingerprint density at radius 1 is 1.26 bits per heavy atom. The third-order valence-corrected chi connectivity index (χ3v) is 3.38. The Hall–Kier alpha value is -3.39. The maximum Gasteiger partial charge on any atom is 0.354 e. The molecule has 0 aliphatic carbocycles. The minimum atomic E-state index is -0.423. The van der Waals surface area contributed by atoms with Crippen molar-refractivity contribution in [1.29, 1.82) is 5.26 Å². The molecule has 0 spiro atoms. The molecule has 0 unspecified atom stereocenters. The predicted molar refractivity (Wildman–Crippen MR) is 87.5 cm³/mol. The Morgan fingerprint density at radius 3 is 2.87 bits per heavy atom. The molecule has 0 aliphatic heterocycles. The van der Waals surface area contributed by atoms with E-state index in [2.05, 4.69) is 20.8 Å². The molecule has 0 fully saturated rings. The first-order valence-corrected chi connectivity index (χ1v) is 6.95. The van der Waals surface area contributed by atoms with Crippen LogP contribution in [-0.4, -0.2) is 23.0 Å². The molecule has 5 nitrogen and oxygen atoms in total. The highest BCUT2D eigenvalue weighted by molar-refractivity contribution is 5.94. The lowest BCUT2D eigenvalue weighted by molar-refractivity contribution is 0.0595. The molecule has 0 aliphatic rings. The fourth-order valence-electron chi connectivity index (χ4n) is 2.25. The van der Waals surface area contributed by atoms with E-state index in [0.717, 1.165) is 16.5 Å². The van der Waals surface area contributed by atoms with Crippen molar-refractivity contribution in [1.82, 2.24) is 9.97 Å². The minimum absolute atomic E-state index is 0.373. The van der Waals surface area contributed by atoms with E-state index < -0.39 is 5.97 Å². The van der Waals surface area contributed by atoms with Crippen LogP contribution in [0.3, 0.4) is 0 Å². The van der Waals surface area contributed by atoms with Gasteiger partial charge in [0.25, 0.3) is 0 Å². The van der Waals surface area contributed by atoms with Gasteiger partial charge in [-0.25, -0.2) is 9.78 Å². The highest BCUT2D eigenvalue weighted by Crippen LogP contribution is 2.17. The van der Waals surface area contributed by atoms with Gasteiger partial charge in [0.2, 0.25) is 0 Å². The molecule has 0 radical (unpaired) electrons. The van der Waals surface area contributed by atoms with E-state index in [1.54, 1.807) is 18.3 Å². The number of hydrogen-bond donors (Lipinski definition) is 1. The zero-order valence-corrected chi connectivity index (χ0v) is 12.4. The number of carbonyl (C=O) groups is 1. The van der Waals surface area contributed by atoms with Crippen LogP contribution < -0.4 is 0 Å². The number of nitrogens with zero attached hydrogens (tertiary/aromatic N) is 2. The molecule has 0 bridgehead atoms. The number of carbonyl (C=O) groups excluding carboxylic acids is 1. The second kappa shape index (κ2) is 6.16. The molecule has 2 heterocycles. The molecule has 0 saturated carbocycles. The Bertz CT molecular complexity index is 948. The van der Waals surface area contributed by atoms with Gasteiger partial charge in [-0.3, -0.25) is 0 Å². The van der Waals surface area contributed by atoms with Crippen LogP contribution in [0.15, 0.2) is 42.6 Å². The maximum absolute atomic E-state index is 11.5. The number of H-pyrrole nitrogens is 1. The largest absolute Gasteiger partial charge is 0.464 e. The zero-order valence-electron chi connectivity index (χ0n) is 12.4. The average molecular weight is 303 g/mol. The van der Waals surface area contributed by atoms with Crippen molar-refractivity contribution < 1.29 is 9.53 Å². The summed E-state index contributed by atoms with van der Waals surface area (Å²) in [5.41, 5.74) is 3.46. The third kappa shape index (κ3) is 3.11. The second-order valence-corrected chi connectivity index (χ2v) is 4.95. The fraction of sp³-hybridized carbons (Fsp3) is 0.0556. The lowest BCUT2D eigenvalue weighted by Crippen LogP contribution is -2.00. The first kappa shape index (κ1) is 14.5. The van der Waals surface area contributed by atoms with Crippen LogP contribution in [0.25, 0.3) is 23.2 Å². The summed E-state index contributed by atoms with van der Waals surface area (Å²) < 4.78 is 4.68. The number of pyridine rings is 1. The summed E-state index contributed by atoms with van der Waals surface area (Å²) in [4.78, 5) is 18.7. The first-order valence-electron chi connectivity index (χ1n) is 6.95. The number of fused-ring (bicyclic) bond motifs is 1. The second-order valence-electron chi connectivity index (χ2n) is 4.95. The van der Waals surface area contributed by atoms with Gasteiger partial charge in [0.1, 0.15) is 11.3 Å². The summed E-state index contributed by atoms with van der Waals surface area (Å²) in [6, 6.07) is 13.1. The average Bonchev–Trinajstić information content (AvgIpc) is 3.02. The van der Waals surface area contributed by atoms with Crippen molar-refractivity contribution in [3.8, 4) is 6.07 Å². The van der Waals surface area contributed by atoms with E-state index in [1.165, 1.54) is 7.11 Å². The monoisotopic (exact) mass is 303 g/mol. The van der Waals surface area contributed by atoms with E-state index in [0.29, 0.717) is 16.9 Å². The number of hydrogen-bond acceptors (Lipinski definition) is 4. The van der Waals surface area contributed by atoms with Gasteiger partial charge in [0.05, 0.1) is 18.7 Å². The standard InChI is InChI=1S/C18H13N3O2/c1-23-18(22)16-9-15-8-14(11-20-17(15)21-16)6-5-12-3-2-4-13(7-12)10-19/h2-9,11H,1H3,(H,20,21)/b6-5+. The van der Waals surface area contributed by atoms with Crippen LogP contribution in [0.5, 0.6) is 0 Å². The quantitative estimate of drug-likeness (QED) is 0.752. The van der Waals surface area contributed by atoms with Crippen molar-refractivity contribution in [2.24, 2.45) is 0 Å². The topological polar surface area (TPSA) is 78.8 Å². The molecule has 112 valence electrons. The number of methoxy groups -OCH3 is 1. The summed E-state index contributed by atoms with van der Waals surface area (Å²) in [6.07, 6.45) is 5.54. The number of rotatable bonds is 3. The number of esters is 1.